The average Bonchev–Trinajstić information content (AvgIpc) is 2.44. The van der Waals surface area contributed by atoms with Gasteiger partial charge in [0.15, 0.2) is 0 Å². The lowest BCUT2D eigenvalue weighted by molar-refractivity contribution is -0.131. The average molecular weight is 265 g/mol. The van der Waals surface area contributed by atoms with Crippen LogP contribution in [0.15, 0.2) is 18.2 Å². The van der Waals surface area contributed by atoms with Gasteiger partial charge in [0, 0.05) is 26.1 Å². The fraction of sp³-hybridized carbons (Fsp3) is 0.500. The molecule has 0 saturated carbocycles. The molecule has 1 aromatic carbocycles. The van der Waals surface area contributed by atoms with Crippen LogP contribution < -0.4 is 11.1 Å². The summed E-state index contributed by atoms with van der Waals surface area (Å²) in [6.07, 6.45) is 3.81. The monoisotopic (exact) mass is 265 g/mol. The molecular weight excluding hydrogens is 245 g/mol. The third kappa shape index (κ3) is 3.59. The van der Waals surface area contributed by atoms with Crippen LogP contribution in [0.5, 0.6) is 0 Å². The van der Waals surface area contributed by atoms with Gasteiger partial charge in [0.2, 0.25) is 5.91 Å². The number of carbonyl (C=O) groups excluding carboxylic acids is 1. The van der Waals surface area contributed by atoms with E-state index in [9.17, 15) is 9.18 Å². The van der Waals surface area contributed by atoms with Crippen LogP contribution in [0.2, 0.25) is 0 Å². The Hall–Kier alpha value is -1.78. The zero-order valence-electron chi connectivity index (χ0n) is 11.0. The van der Waals surface area contributed by atoms with E-state index in [-0.39, 0.29) is 11.6 Å². The number of nitrogens with zero attached hydrogens (tertiary/aromatic N) is 1. The Balaban J connectivity index is 1.79. The minimum absolute atomic E-state index is 0.105. The van der Waals surface area contributed by atoms with E-state index in [1.165, 1.54) is 12.5 Å². The van der Waals surface area contributed by atoms with Gasteiger partial charge in [0.05, 0.1) is 11.4 Å². The molecule has 1 aliphatic rings. The van der Waals surface area contributed by atoms with Crippen molar-refractivity contribution in [2.75, 3.05) is 30.7 Å². The number of rotatable bonds is 4. The molecule has 3 N–H and O–H groups in total. The van der Waals surface area contributed by atoms with Gasteiger partial charge in [-0.05, 0) is 31.4 Å². The van der Waals surface area contributed by atoms with E-state index in [4.69, 9.17) is 5.73 Å². The number of halogens is 1. The van der Waals surface area contributed by atoms with Gasteiger partial charge in [0.1, 0.15) is 5.82 Å². The van der Waals surface area contributed by atoms with Gasteiger partial charge in [-0.1, -0.05) is 6.07 Å². The molecule has 0 spiro atoms. The van der Waals surface area contributed by atoms with E-state index in [0.717, 1.165) is 25.9 Å². The quantitative estimate of drug-likeness (QED) is 0.821. The van der Waals surface area contributed by atoms with Gasteiger partial charge in [-0.25, -0.2) is 4.39 Å². The number of benzene rings is 1. The molecule has 0 aromatic heterocycles. The molecule has 0 unspecified atom stereocenters. The molecule has 0 radical (unpaired) electrons. The van der Waals surface area contributed by atoms with Crippen molar-refractivity contribution < 1.29 is 9.18 Å². The summed E-state index contributed by atoms with van der Waals surface area (Å²) >= 11 is 0. The molecule has 4 nitrogen and oxygen atoms in total. The molecule has 0 aliphatic carbocycles. The first-order valence-corrected chi connectivity index (χ1v) is 6.74. The van der Waals surface area contributed by atoms with E-state index < -0.39 is 5.82 Å². The Morgan fingerprint density at radius 1 is 1.32 bits per heavy atom. The molecule has 1 saturated heterocycles. The Labute approximate surface area is 112 Å². The molecule has 19 heavy (non-hydrogen) atoms. The molecule has 1 fully saturated rings. The fourth-order valence-corrected chi connectivity index (χ4v) is 2.30. The number of para-hydroxylation sites is 1. The SMILES string of the molecule is Nc1c(F)cccc1NCCC(=O)N1CCCCC1. The molecule has 1 aliphatic heterocycles. The zero-order chi connectivity index (χ0) is 13.7. The van der Waals surface area contributed by atoms with Crippen molar-refractivity contribution in [2.45, 2.75) is 25.7 Å². The second kappa shape index (κ2) is 6.41. The maximum absolute atomic E-state index is 13.2. The second-order valence-corrected chi connectivity index (χ2v) is 4.82. The lowest BCUT2D eigenvalue weighted by atomic mass is 10.1. The summed E-state index contributed by atoms with van der Waals surface area (Å²) in [5, 5.41) is 3.01. The maximum Gasteiger partial charge on any atom is 0.224 e. The summed E-state index contributed by atoms with van der Waals surface area (Å²) in [6, 6.07) is 4.63. The van der Waals surface area contributed by atoms with E-state index in [1.54, 1.807) is 12.1 Å². The minimum Gasteiger partial charge on any atom is -0.395 e. The van der Waals surface area contributed by atoms with Crippen LogP contribution in [0.4, 0.5) is 15.8 Å². The van der Waals surface area contributed by atoms with E-state index >= 15 is 0 Å². The summed E-state index contributed by atoms with van der Waals surface area (Å²) in [5.74, 6) is -0.283. The largest absolute Gasteiger partial charge is 0.395 e. The second-order valence-electron chi connectivity index (χ2n) is 4.82. The van der Waals surface area contributed by atoms with Crippen molar-refractivity contribution in [1.29, 1.82) is 0 Å². The number of piperidine rings is 1. The molecule has 1 amide bonds. The number of nitrogen functional groups attached to an aromatic ring is 1. The predicted octanol–water partition coefficient (Wildman–Crippen LogP) is 2.22. The molecule has 1 aromatic rings. The lowest BCUT2D eigenvalue weighted by Gasteiger charge is -2.26. The van der Waals surface area contributed by atoms with Gasteiger partial charge >= 0.3 is 0 Å². The molecule has 5 heteroatoms. The zero-order valence-corrected chi connectivity index (χ0v) is 11.0. The summed E-state index contributed by atoms with van der Waals surface area (Å²) in [5.41, 5.74) is 6.26. The van der Waals surface area contributed by atoms with E-state index in [1.807, 2.05) is 4.90 Å². The van der Waals surface area contributed by atoms with Crippen molar-refractivity contribution in [3.05, 3.63) is 24.0 Å². The number of likely N-dealkylation sites (tertiary alicyclic amines) is 1. The first-order valence-electron chi connectivity index (χ1n) is 6.74. The van der Waals surface area contributed by atoms with Crippen LogP contribution in [-0.4, -0.2) is 30.4 Å². The van der Waals surface area contributed by atoms with Crippen molar-refractivity contribution in [1.82, 2.24) is 4.90 Å². The normalized spacial score (nSPS) is 15.3. The molecule has 0 bridgehead atoms. The lowest BCUT2D eigenvalue weighted by Crippen LogP contribution is -2.36. The standard InChI is InChI=1S/C14H20FN3O/c15-11-5-4-6-12(14(11)16)17-8-7-13(19)18-9-2-1-3-10-18/h4-6,17H,1-3,7-10,16H2. The maximum atomic E-state index is 13.2. The van der Waals surface area contributed by atoms with Crippen LogP contribution >= 0.6 is 0 Å². The third-order valence-electron chi connectivity index (χ3n) is 3.42. The Morgan fingerprint density at radius 2 is 2.05 bits per heavy atom. The Bertz CT molecular complexity index is 444. The highest BCUT2D eigenvalue weighted by atomic mass is 19.1. The molecule has 1 heterocycles. The first-order chi connectivity index (χ1) is 9.18. The summed E-state index contributed by atoms with van der Waals surface area (Å²) in [4.78, 5) is 13.8. The van der Waals surface area contributed by atoms with Crippen LogP contribution in [0.25, 0.3) is 0 Å². The summed E-state index contributed by atoms with van der Waals surface area (Å²) < 4.78 is 13.2. The fourth-order valence-electron chi connectivity index (χ4n) is 2.30. The number of anilines is 2. The van der Waals surface area contributed by atoms with Crippen LogP contribution in [0.3, 0.4) is 0 Å². The molecule has 104 valence electrons. The number of amides is 1. The van der Waals surface area contributed by atoms with Crippen molar-refractivity contribution >= 4 is 17.3 Å². The van der Waals surface area contributed by atoms with Crippen LogP contribution in [0, 0.1) is 5.82 Å². The van der Waals surface area contributed by atoms with Gasteiger partial charge in [-0.3, -0.25) is 4.79 Å². The minimum atomic E-state index is -0.438. The third-order valence-corrected chi connectivity index (χ3v) is 3.42. The Morgan fingerprint density at radius 3 is 2.79 bits per heavy atom. The first kappa shape index (κ1) is 13.6. The number of nitrogens with one attached hydrogen (secondary N) is 1. The molecular formula is C14H20FN3O. The summed E-state index contributed by atoms with van der Waals surface area (Å²) in [6.45, 7) is 2.20. The topological polar surface area (TPSA) is 58.4 Å². The van der Waals surface area contributed by atoms with Crippen LogP contribution in [0.1, 0.15) is 25.7 Å². The summed E-state index contributed by atoms with van der Waals surface area (Å²) in [7, 11) is 0. The van der Waals surface area contributed by atoms with Crippen LogP contribution in [-0.2, 0) is 4.79 Å². The highest BCUT2D eigenvalue weighted by Gasteiger charge is 2.15. The van der Waals surface area contributed by atoms with Gasteiger partial charge < -0.3 is 16.0 Å². The number of hydrogen-bond acceptors (Lipinski definition) is 3. The van der Waals surface area contributed by atoms with E-state index in [2.05, 4.69) is 5.32 Å². The van der Waals surface area contributed by atoms with E-state index in [0.29, 0.717) is 18.7 Å². The Kier molecular flexibility index (Phi) is 4.60. The van der Waals surface area contributed by atoms with Gasteiger partial charge in [0.25, 0.3) is 0 Å². The highest BCUT2D eigenvalue weighted by Crippen LogP contribution is 2.21. The van der Waals surface area contributed by atoms with Gasteiger partial charge in [-0.2, -0.15) is 0 Å². The molecule has 0 atom stereocenters. The van der Waals surface area contributed by atoms with Crippen molar-refractivity contribution in [2.24, 2.45) is 0 Å². The number of hydrogen-bond donors (Lipinski definition) is 2. The molecule has 2 rings (SSSR count). The van der Waals surface area contributed by atoms with Crippen molar-refractivity contribution in [3.63, 3.8) is 0 Å². The van der Waals surface area contributed by atoms with Crippen molar-refractivity contribution in [3.8, 4) is 0 Å². The predicted molar refractivity (Wildman–Crippen MR) is 74.4 cm³/mol. The van der Waals surface area contributed by atoms with Gasteiger partial charge in [-0.15, -0.1) is 0 Å². The number of nitrogens with two attached hydrogens (primary N) is 1. The smallest absolute Gasteiger partial charge is 0.224 e. The number of carbonyl (C=O) groups is 1. The highest BCUT2D eigenvalue weighted by molar-refractivity contribution is 5.77.